The number of hydrogen-bond acceptors (Lipinski definition) is 1. The number of nitrogens with one attached hydrogen (secondary N) is 1. The first-order valence-corrected chi connectivity index (χ1v) is 9.14. The van der Waals surface area contributed by atoms with E-state index in [-0.39, 0.29) is 0 Å². The zero-order valence-corrected chi connectivity index (χ0v) is 14.1. The van der Waals surface area contributed by atoms with Crippen molar-refractivity contribution in [2.45, 2.75) is 83.6 Å². The average Bonchev–Trinajstić information content (AvgIpc) is 2.97. The molecular formula is C20H33N. The van der Waals surface area contributed by atoms with Crippen molar-refractivity contribution in [1.29, 1.82) is 0 Å². The summed E-state index contributed by atoms with van der Waals surface area (Å²) >= 11 is 0. The maximum absolute atomic E-state index is 3.52. The van der Waals surface area contributed by atoms with E-state index in [2.05, 4.69) is 37.5 Å². The maximum Gasteiger partial charge on any atom is 0.0317 e. The molecule has 1 unspecified atom stereocenters. The second-order valence-electron chi connectivity index (χ2n) is 6.63. The van der Waals surface area contributed by atoms with Crippen LogP contribution in [0.25, 0.3) is 0 Å². The van der Waals surface area contributed by atoms with Crippen LogP contribution in [-0.4, -0.2) is 7.05 Å². The summed E-state index contributed by atoms with van der Waals surface area (Å²) in [5, 5.41) is 3.52. The van der Waals surface area contributed by atoms with Gasteiger partial charge in [-0.15, -0.1) is 0 Å². The molecule has 118 valence electrons. The van der Waals surface area contributed by atoms with Crippen molar-refractivity contribution in [3.05, 3.63) is 34.9 Å². The molecule has 1 heteroatoms. The van der Waals surface area contributed by atoms with Crippen LogP contribution in [0.3, 0.4) is 0 Å². The Bertz CT molecular complexity index is 410. The number of fused-ring (bicyclic) bond motifs is 1. The van der Waals surface area contributed by atoms with Crippen molar-refractivity contribution in [1.82, 2.24) is 5.32 Å². The normalized spacial score (nSPS) is 15.1. The summed E-state index contributed by atoms with van der Waals surface area (Å²) in [4.78, 5) is 0. The largest absolute Gasteiger partial charge is 0.313 e. The molecule has 1 aliphatic carbocycles. The van der Waals surface area contributed by atoms with Crippen LogP contribution >= 0.6 is 0 Å². The first-order chi connectivity index (χ1) is 10.3. The van der Waals surface area contributed by atoms with Crippen LogP contribution in [-0.2, 0) is 12.8 Å². The number of rotatable bonds is 10. The number of unbranched alkanes of at least 4 members (excludes halogenated alkanes) is 6. The molecule has 1 N–H and O–H groups in total. The van der Waals surface area contributed by atoms with Crippen molar-refractivity contribution in [2.75, 3.05) is 7.05 Å². The van der Waals surface area contributed by atoms with Crippen LogP contribution in [0.15, 0.2) is 18.2 Å². The maximum atomic E-state index is 3.52. The summed E-state index contributed by atoms with van der Waals surface area (Å²) in [6.45, 7) is 2.29. The van der Waals surface area contributed by atoms with Gasteiger partial charge in [-0.3, -0.25) is 0 Å². The average molecular weight is 287 g/mol. The van der Waals surface area contributed by atoms with Gasteiger partial charge in [0.15, 0.2) is 0 Å². The first-order valence-electron chi connectivity index (χ1n) is 9.14. The van der Waals surface area contributed by atoms with E-state index in [1.165, 1.54) is 76.2 Å². The Morgan fingerprint density at radius 3 is 2.43 bits per heavy atom. The van der Waals surface area contributed by atoms with Gasteiger partial charge >= 0.3 is 0 Å². The molecular weight excluding hydrogens is 254 g/mol. The second-order valence-corrected chi connectivity index (χ2v) is 6.63. The minimum Gasteiger partial charge on any atom is -0.313 e. The third-order valence-corrected chi connectivity index (χ3v) is 4.97. The molecule has 0 saturated heterocycles. The summed E-state index contributed by atoms with van der Waals surface area (Å²) < 4.78 is 0. The highest BCUT2D eigenvalue weighted by atomic mass is 14.9. The van der Waals surface area contributed by atoms with Crippen LogP contribution in [0.5, 0.6) is 0 Å². The van der Waals surface area contributed by atoms with E-state index in [1.807, 2.05) is 0 Å². The van der Waals surface area contributed by atoms with Crippen LogP contribution < -0.4 is 5.32 Å². The minimum absolute atomic E-state index is 0.548. The van der Waals surface area contributed by atoms with Gasteiger partial charge in [-0.25, -0.2) is 0 Å². The molecule has 1 aromatic rings. The third-order valence-electron chi connectivity index (χ3n) is 4.97. The molecule has 1 aromatic carbocycles. The first kappa shape index (κ1) is 16.5. The highest BCUT2D eigenvalue weighted by Crippen LogP contribution is 2.27. The fourth-order valence-electron chi connectivity index (χ4n) is 3.59. The standard InChI is InChI=1S/C20H33N/c1-3-4-5-6-7-8-9-13-20(21-2)19-15-14-17-11-10-12-18(17)16-19/h14-16,20-21H,3-13H2,1-2H3. The summed E-state index contributed by atoms with van der Waals surface area (Å²) in [5.74, 6) is 0. The number of benzene rings is 1. The Kier molecular flexibility index (Phi) is 7.29. The molecule has 0 aromatic heterocycles. The van der Waals surface area contributed by atoms with Gasteiger partial charge in [0.05, 0.1) is 0 Å². The Morgan fingerprint density at radius 1 is 0.952 bits per heavy atom. The predicted molar refractivity (Wildman–Crippen MR) is 92.9 cm³/mol. The number of aryl methyl sites for hydroxylation is 2. The Morgan fingerprint density at radius 2 is 1.67 bits per heavy atom. The van der Waals surface area contributed by atoms with Crippen molar-refractivity contribution < 1.29 is 0 Å². The van der Waals surface area contributed by atoms with Crippen LogP contribution in [0.4, 0.5) is 0 Å². The van der Waals surface area contributed by atoms with E-state index in [9.17, 15) is 0 Å². The lowest BCUT2D eigenvalue weighted by molar-refractivity contribution is 0.495. The fraction of sp³-hybridized carbons (Fsp3) is 0.700. The quantitative estimate of drug-likeness (QED) is 0.554. The second kappa shape index (κ2) is 9.25. The molecule has 0 fully saturated rings. The van der Waals surface area contributed by atoms with E-state index >= 15 is 0 Å². The minimum atomic E-state index is 0.548. The Balaban J connectivity index is 1.73. The third kappa shape index (κ3) is 5.14. The van der Waals surface area contributed by atoms with Gasteiger partial charge in [0.25, 0.3) is 0 Å². The topological polar surface area (TPSA) is 12.0 Å². The molecule has 0 radical (unpaired) electrons. The van der Waals surface area contributed by atoms with Crippen LogP contribution in [0, 0.1) is 0 Å². The van der Waals surface area contributed by atoms with Gasteiger partial charge in [0.1, 0.15) is 0 Å². The molecule has 0 heterocycles. The lowest BCUT2D eigenvalue weighted by Gasteiger charge is -2.18. The van der Waals surface area contributed by atoms with Gasteiger partial charge in [-0.05, 0) is 49.4 Å². The van der Waals surface area contributed by atoms with Crippen molar-refractivity contribution in [3.63, 3.8) is 0 Å². The molecule has 0 saturated carbocycles. The van der Waals surface area contributed by atoms with Gasteiger partial charge in [-0.2, -0.15) is 0 Å². The van der Waals surface area contributed by atoms with E-state index in [4.69, 9.17) is 0 Å². The SMILES string of the molecule is CCCCCCCCCC(NC)c1ccc2c(c1)CCC2. The molecule has 0 bridgehead atoms. The van der Waals surface area contributed by atoms with Crippen LogP contribution in [0.1, 0.15) is 87.4 Å². The molecule has 1 nitrogen and oxygen atoms in total. The Hall–Kier alpha value is -0.820. The van der Waals surface area contributed by atoms with E-state index in [1.54, 1.807) is 11.1 Å². The van der Waals surface area contributed by atoms with Gasteiger partial charge in [0, 0.05) is 6.04 Å². The van der Waals surface area contributed by atoms with Gasteiger partial charge in [0.2, 0.25) is 0 Å². The fourth-order valence-corrected chi connectivity index (χ4v) is 3.59. The van der Waals surface area contributed by atoms with Gasteiger partial charge < -0.3 is 5.32 Å². The molecule has 21 heavy (non-hydrogen) atoms. The summed E-state index contributed by atoms with van der Waals surface area (Å²) in [6, 6.07) is 7.73. The zero-order valence-electron chi connectivity index (χ0n) is 14.1. The monoisotopic (exact) mass is 287 g/mol. The molecule has 1 atom stereocenters. The van der Waals surface area contributed by atoms with Crippen molar-refractivity contribution in [3.8, 4) is 0 Å². The molecule has 0 aliphatic heterocycles. The highest BCUT2D eigenvalue weighted by Gasteiger charge is 2.14. The van der Waals surface area contributed by atoms with Crippen molar-refractivity contribution in [2.24, 2.45) is 0 Å². The zero-order chi connectivity index (χ0) is 14.9. The lowest BCUT2D eigenvalue weighted by Crippen LogP contribution is -2.16. The van der Waals surface area contributed by atoms with E-state index in [0.29, 0.717) is 6.04 Å². The van der Waals surface area contributed by atoms with E-state index < -0.39 is 0 Å². The highest BCUT2D eigenvalue weighted by molar-refractivity contribution is 5.36. The van der Waals surface area contributed by atoms with Crippen molar-refractivity contribution >= 4 is 0 Å². The number of hydrogen-bond donors (Lipinski definition) is 1. The molecule has 0 amide bonds. The van der Waals surface area contributed by atoms with Gasteiger partial charge in [-0.1, -0.05) is 70.1 Å². The Labute approximate surface area is 131 Å². The molecule has 2 rings (SSSR count). The molecule has 1 aliphatic rings. The predicted octanol–water partition coefficient (Wildman–Crippen LogP) is 5.58. The van der Waals surface area contributed by atoms with E-state index in [0.717, 1.165) is 0 Å². The molecule has 0 spiro atoms. The summed E-state index contributed by atoms with van der Waals surface area (Å²) in [7, 11) is 2.11. The lowest BCUT2D eigenvalue weighted by atomic mass is 9.96. The summed E-state index contributed by atoms with van der Waals surface area (Å²) in [6.07, 6.45) is 15.0. The van der Waals surface area contributed by atoms with Crippen LogP contribution in [0.2, 0.25) is 0 Å². The summed E-state index contributed by atoms with van der Waals surface area (Å²) in [5.41, 5.74) is 4.70. The smallest absolute Gasteiger partial charge is 0.0317 e.